The summed E-state index contributed by atoms with van der Waals surface area (Å²) in [6.07, 6.45) is 3.23. The summed E-state index contributed by atoms with van der Waals surface area (Å²) in [4.78, 5) is 14.8. The van der Waals surface area contributed by atoms with Crippen LogP contribution in [-0.4, -0.2) is 37.4 Å². The fraction of sp³-hybridized carbons (Fsp3) is 0.250. The Kier molecular flexibility index (Phi) is 5.13. The van der Waals surface area contributed by atoms with Gasteiger partial charge < -0.3 is 9.84 Å². The minimum atomic E-state index is -0.0502. The van der Waals surface area contributed by atoms with E-state index in [4.69, 9.17) is 16.1 Å². The lowest BCUT2D eigenvalue weighted by Crippen LogP contribution is -2.13. The molecule has 0 spiro atoms. The van der Waals surface area contributed by atoms with Crippen LogP contribution in [0.4, 0.5) is 23.5 Å². The molecular formula is C20H21ClN8O. The predicted octanol–water partition coefficient (Wildman–Crippen LogP) is 4.71. The Balaban J connectivity index is 1.57. The van der Waals surface area contributed by atoms with E-state index in [1.807, 2.05) is 24.3 Å². The van der Waals surface area contributed by atoms with Crippen LogP contribution in [-0.2, 0) is 5.41 Å². The van der Waals surface area contributed by atoms with Crippen LogP contribution >= 0.6 is 11.6 Å². The van der Waals surface area contributed by atoms with Crippen LogP contribution in [0.15, 0.2) is 47.2 Å². The number of nitrogens with zero attached hydrogens (tertiary/aromatic N) is 6. The number of aromatic amines is 1. The lowest BCUT2D eigenvalue weighted by atomic mass is 9.92. The van der Waals surface area contributed by atoms with E-state index < -0.39 is 0 Å². The molecule has 0 bridgehead atoms. The van der Waals surface area contributed by atoms with E-state index >= 15 is 0 Å². The van der Waals surface area contributed by atoms with Crippen molar-refractivity contribution in [2.75, 3.05) is 17.3 Å². The van der Waals surface area contributed by atoms with Gasteiger partial charge in [0.2, 0.25) is 11.8 Å². The highest BCUT2D eigenvalue weighted by molar-refractivity contribution is 6.32. The third kappa shape index (κ3) is 4.11. The summed E-state index contributed by atoms with van der Waals surface area (Å²) >= 11 is 6.29. The second-order valence-corrected chi connectivity index (χ2v) is 8.14. The molecular weight excluding hydrogens is 404 g/mol. The Morgan fingerprint density at radius 1 is 1.13 bits per heavy atom. The smallest absolute Gasteiger partial charge is 0.234 e. The van der Waals surface area contributed by atoms with Gasteiger partial charge in [0.05, 0.1) is 11.9 Å². The molecule has 30 heavy (non-hydrogen) atoms. The average Bonchev–Trinajstić information content (AvgIpc) is 3.39. The van der Waals surface area contributed by atoms with E-state index in [0.29, 0.717) is 39.9 Å². The lowest BCUT2D eigenvalue weighted by molar-refractivity contribution is 0.427. The van der Waals surface area contributed by atoms with E-state index in [9.17, 15) is 0 Å². The Morgan fingerprint density at radius 2 is 1.97 bits per heavy atom. The first-order valence-corrected chi connectivity index (χ1v) is 9.66. The van der Waals surface area contributed by atoms with Crippen LogP contribution < -0.4 is 10.2 Å². The van der Waals surface area contributed by atoms with Gasteiger partial charge in [-0.05, 0) is 12.1 Å². The number of hydrogen-bond donors (Lipinski definition) is 2. The van der Waals surface area contributed by atoms with Gasteiger partial charge in [0, 0.05) is 36.5 Å². The molecule has 0 saturated carbocycles. The first-order chi connectivity index (χ1) is 14.3. The molecule has 2 N–H and O–H groups in total. The monoisotopic (exact) mass is 424 g/mol. The van der Waals surface area contributed by atoms with E-state index in [1.54, 1.807) is 24.2 Å². The van der Waals surface area contributed by atoms with Crippen molar-refractivity contribution in [1.29, 1.82) is 0 Å². The minimum Gasteiger partial charge on any atom is -0.338 e. The third-order valence-corrected chi connectivity index (χ3v) is 4.70. The SMILES string of the molecule is CN(c1ncc(Cl)c(Nc2cc(C(C)(C)C)[nH]n2)n1)c1cc(-c2ccccn2)no1. The molecule has 0 amide bonds. The maximum Gasteiger partial charge on any atom is 0.234 e. The van der Waals surface area contributed by atoms with Gasteiger partial charge in [-0.3, -0.25) is 15.0 Å². The van der Waals surface area contributed by atoms with E-state index in [-0.39, 0.29) is 5.41 Å². The second kappa shape index (κ2) is 7.75. The fourth-order valence-electron chi connectivity index (χ4n) is 2.66. The normalized spacial score (nSPS) is 11.5. The van der Waals surface area contributed by atoms with Gasteiger partial charge in [-0.25, -0.2) is 4.98 Å². The summed E-state index contributed by atoms with van der Waals surface area (Å²) in [5.74, 6) is 1.91. The Bertz CT molecular complexity index is 1150. The first-order valence-electron chi connectivity index (χ1n) is 9.28. The largest absolute Gasteiger partial charge is 0.338 e. The van der Waals surface area contributed by atoms with Crippen LogP contribution in [0.1, 0.15) is 26.5 Å². The zero-order valence-electron chi connectivity index (χ0n) is 17.0. The highest BCUT2D eigenvalue weighted by Crippen LogP contribution is 2.30. The molecule has 10 heteroatoms. The Labute approximate surface area is 178 Å². The molecule has 0 aliphatic carbocycles. The maximum absolute atomic E-state index is 6.29. The fourth-order valence-corrected chi connectivity index (χ4v) is 2.79. The van der Waals surface area contributed by atoms with E-state index in [0.717, 1.165) is 5.69 Å². The van der Waals surface area contributed by atoms with Crippen LogP contribution in [0.2, 0.25) is 5.02 Å². The van der Waals surface area contributed by atoms with Gasteiger partial charge in [0.15, 0.2) is 11.6 Å². The molecule has 4 rings (SSSR count). The van der Waals surface area contributed by atoms with E-state index in [1.165, 1.54) is 6.20 Å². The van der Waals surface area contributed by atoms with Crippen molar-refractivity contribution in [3.05, 3.63) is 53.4 Å². The van der Waals surface area contributed by atoms with Gasteiger partial charge in [0.1, 0.15) is 10.7 Å². The highest BCUT2D eigenvalue weighted by Gasteiger charge is 2.19. The number of aromatic nitrogens is 6. The average molecular weight is 425 g/mol. The molecule has 9 nitrogen and oxygen atoms in total. The molecule has 0 radical (unpaired) electrons. The number of rotatable bonds is 5. The number of pyridine rings is 1. The molecule has 4 aromatic heterocycles. The van der Waals surface area contributed by atoms with E-state index in [2.05, 4.69) is 56.4 Å². The highest BCUT2D eigenvalue weighted by atomic mass is 35.5. The molecule has 0 aromatic carbocycles. The van der Waals surface area contributed by atoms with Gasteiger partial charge in [-0.15, -0.1) is 0 Å². The van der Waals surface area contributed by atoms with Crippen molar-refractivity contribution in [2.45, 2.75) is 26.2 Å². The van der Waals surface area contributed by atoms with Crippen molar-refractivity contribution >= 4 is 35.1 Å². The Morgan fingerprint density at radius 3 is 2.67 bits per heavy atom. The summed E-state index contributed by atoms with van der Waals surface area (Å²) in [7, 11) is 1.78. The van der Waals surface area contributed by atoms with Crippen molar-refractivity contribution in [3.8, 4) is 11.4 Å². The van der Waals surface area contributed by atoms with Crippen molar-refractivity contribution in [3.63, 3.8) is 0 Å². The quantitative estimate of drug-likeness (QED) is 0.474. The molecule has 0 unspecified atom stereocenters. The minimum absolute atomic E-state index is 0.0502. The van der Waals surface area contributed by atoms with Gasteiger partial charge in [-0.2, -0.15) is 10.1 Å². The first kappa shape index (κ1) is 19.8. The number of hydrogen-bond acceptors (Lipinski definition) is 8. The van der Waals surface area contributed by atoms with Crippen LogP contribution in [0.3, 0.4) is 0 Å². The molecule has 0 saturated heterocycles. The van der Waals surface area contributed by atoms with Crippen molar-refractivity contribution in [1.82, 2.24) is 30.3 Å². The van der Waals surface area contributed by atoms with Crippen molar-refractivity contribution < 1.29 is 4.52 Å². The zero-order chi connectivity index (χ0) is 21.3. The molecule has 4 aromatic rings. The van der Waals surface area contributed by atoms with Gasteiger partial charge in [0.25, 0.3) is 0 Å². The molecule has 0 atom stereocenters. The number of anilines is 4. The van der Waals surface area contributed by atoms with Crippen molar-refractivity contribution in [2.24, 2.45) is 0 Å². The van der Waals surface area contributed by atoms with Crippen LogP contribution in [0, 0.1) is 0 Å². The second-order valence-electron chi connectivity index (χ2n) is 7.73. The summed E-state index contributed by atoms with van der Waals surface area (Å²) < 4.78 is 5.45. The topological polar surface area (TPSA) is 109 Å². The standard InChI is InChI=1S/C20H21ClN8O/c1-20(2,3)15-10-16(27-26-15)24-18-12(21)11-23-19(25-18)29(4)17-9-14(28-30-17)13-7-5-6-8-22-13/h5-11H,1-4H3,(H2,23,24,25,26,27). The summed E-state index contributed by atoms with van der Waals surface area (Å²) in [5.41, 5.74) is 2.28. The molecule has 0 fully saturated rings. The van der Waals surface area contributed by atoms with Crippen LogP contribution in [0.5, 0.6) is 0 Å². The number of H-pyrrole nitrogens is 1. The summed E-state index contributed by atoms with van der Waals surface area (Å²) in [6.45, 7) is 6.31. The maximum atomic E-state index is 6.29. The number of nitrogens with one attached hydrogen (secondary N) is 2. The number of halogens is 1. The zero-order valence-corrected chi connectivity index (χ0v) is 17.8. The summed E-state index contributed by atoms with van der Waals surface area (Å²) in [6, 6.07) is 9.30. The van der Waals surface area contributed by atoms with Gasteiger partial charge in [-0.1, -0.05) is 43.6 Å². The molecule has 0 aliphatic rings. The predicted molar refractivity (Wildman–Crippen MR) is 115 cm³/mol. The lowest BCUT2D eigenvalue weighted by Gasteiger charge is -2.15. The Hall–Kier alpha value is -3.46. The van der Waals surface area contributed by atoms with Gasteiger partial charge >= 0.3 is 0 Å². The molecule has 4 heterocycles. The third-order valence-electron chi connectivity index (χ3n) is 4.42. The summed E-state index contributed by atoms with van der Waals surface area (Å²) in [5, 5.41) is 14.9. The van der Waals surface area contributed by atoms with Crippen LogP contribution in [0.25, 0.3) is 11.4 Å². The molecule has 154 valence electrons. The molecule has 0 aliphatic heterocycles.